The van der Waals surface area contributed by atoms with Crippen molar-refractivity contribution in [3.8, 4) is 0 Å². The van der Waals surface area contributed by atoms with Gasteiger partial charge in [0.1, 0.15) is 5.78 Å². The predicted molar refractivity (Wildman–Crippen MR) is 104 cm³/mol. The van der Waals surface area contributed by atoms with Crippen LogP contribution in [-0.2, 0) is 4.79 Å². The number of benzene rings is 2. The lowest BCUT2D eigenvalue weighted by molar-refractivity contribution is -0.131. The standard InChI is InChI=1S/C23H27NO/c1-5-14-24-21(19-10-6-16(2)7-11-19)15-22(25)18(4)23(24)20-12-8-17(3)9-13-20/h5-13,18,21,23H,1,14-15H2,2-4H3/t18-,21+,23-/m1/s1. The van der Waals surface area contributed by atoms with E-state index >= 15 is 0 Å². The first-order valence-electron chi connectivity index (χ1n) is 9.03. The van der Waals surface area contributed by atoms with Crippen LogP contribution >= 0.6 is 0 Å². The van der Waals surface area contributed by atoms with Crippen molar-refractivity contribution >= 4 is 5.78 Å². The van der Waals surface area contributed by atoms with Crippen molar-refractivity contribution in [2.75, 3.05) is 6.54 Å². The van der Waals surface area contributed by atoms with Crippen LogP contribution in [0.1, 0.15) is 47.7 Å². The molecule has 0 aromatic heterocycles. The summed E-state index contributed by atoms with van der Waals surface area (Å²) < 4.78 is 0. The van der Waals surface area contributed by atoms with E-state index in [0.717, 1.165) is 6.54 Å². The van der Waals surface area contributed by atoms with Crippen molar-refractivity contribution in [3.63, 3.8) is 0 Å². The van der Waals surface area contributed by atoms with E-state index in [1.54, 1.807) is 0 Å². The lowest BCUT2D eigenvalue weighted by Gasteiger charge is -2.45. The summed E-state index contributed by atoms with van der Waals surface area (Å²) in [5, 5.41) is 0. The van der Waals surface area contributed by atoms with E-state index in [9.17, 15) is 4.79 Å². The third kappa shape index (κ3) is 3.59. The van der Waals surface area contributed by atoms with Gasteiger partial charge in [-0.25, -0.2) is 0 Å². The van der Waals surface area contributed by atoms with E-state index in [4.69, 9.17) is 0 Å². The Hall–Kier alpha value is -2.19. The summed E-state index contributed by atoms with van der Waals surface area (Å²) in [5.74, 6) is 0.334. The summed E-state index contributed by atoms with van der Waals surface area (Å²) in [7, 11) is 0. The van der Waals surface area contributed by atoms with Crippen molar-refractivity contribution in [3.05, 3.63) is 83.4 Å². The highest BCUT2D eigenvalue weighted by atomic mass is 16.1. The van der Waals surface area contributed by atoms with Crippen LogP contribution in [0.3, 0.4) is 0 Å². The lowest BCUT2D eigenvalue weighted by Crippen LogP contribution is -2.44. The lowest BCUT2D eigenvalue weighted by atomic mass is 9.79. The molecule has 0 N–H and O–H groups in total. The fraction of sp³-hybridized carbons (Fsp3) is 0.348. The topological polar surface area (TPSA) is 20.3 Å². The van der Waals surface area contributed by atoms with Gasteiger partial charge in [0.2, 0.25) is 0 Å². The number of ketones is 1. The van der Waals surface area contributed by atoms with E-state index in [2.05, 4.69) is 80.8 Å². The molecule has 25 heavy (non-hydrogen) atoms. The molecule has 130 valence electrons. The molecule has 0 saturated carbocycles. The van der Waals surface area contributed by atoms with Gasteiger partial charge >= 0.3 is 0 Å². The van der Waals surface area contributed by atoms with E-state index in [1.807, 2.05) is 6.08 Å². The molecule has 1 saturated heterocycles. The Morgan fingerprint density at radius 2 is 1.52 bits per heavy atom. The van der Waals surface area contributed by atoms with Gasteiger partial charge in [0.15, 0.2) is 0 Å². The molecule has 0 aliphatic carbocycles. The number of nitrogens with zero attached hydrogens (tertiary/aromatic N) is 1. The molecule has 2 aromatic carbocycles. The van der Waals surface area contributed by atoms with Gasteiger partial charge in [0.25, 0.3) is 0 Å². The Kier molecular flexibility index (Phi) is 5.19. The molecule has 2 heteroatoms. The average Bonchev–Trinajstić information content (AvgIpc) is 2.60. The quantitative estimate of drug-likeness (QED) is 0.718. The van der Waals surface area contributed by atoms with Gasteiger partial charge in [-0.2, -0.15) is 0 Å². The van der Waals surface area contributed by atoms with Crippen LogP contribution < -0.4 is 0 Å². The van der Waals surface area contributed by atoms with Gasteiger partial charge in [0.05, 0.1) is 0 Å². The zero-order valence-corrected chi connectivity index (χ0v) is 15.4. The summed E-state index contributed by atoms with van der Waals surface area (Å²) in [6, 6.07) is 17.4. The molecule has 3 atom stereocenters. The van der Waals surface area contributed by atoms with E-state index in [1.165, 1.54) is 22.3 Å². The third-order valence-electron chi connectivity index (χ3n) is 5.35. The van der Waals surface area contributed by atoms with E-state index in [-0.39, 0.29) is 18.0 Å². The number of hydrogen-bond acceptors (Lipinski definition) is 2. The van der Waals surface area contributed by atoms with Crippen molar-refractivity contribution in [1.82, 2.24) is 4.90 Å². The van der Waals surface area contributed by atoms with Crippen LogP contribution in [0.5, 0.6) is 0 Å². The summed E-state index contributed by atoms with van der Waals surface area (Å²) in [6.45, 7) is 11.0. The molecule has 0 spiro atoms. The number of aryl methyl sites for hydroxylation is 2. The van der Waals surface area contributed by atoms with E-state index < -0.39 is 0 Å². The Balaban J connectivity index is 2.03. The minimum Gasteiger partial charge on any atom is -0.299 e. The Morgan fingerprint density at radius 3 is 2.04 bits per heavy atom. The van der Waals surface area contributed by atoms with Gasteiger partial charge < -0.3 is 0 Å². The molecule has 2 aromatic rings. The van der Waals surface area contributed by atoms with Crippen LogP contribution in [0.15, 0.2) is 61.2 Å². The fourth-order valence-electron chi connectivity index (χ4n) is 3.88. The van der Waals surface area contributed by atoms with Crippen LogP contribution in [-0.4, -0.2) is 17.2 Å². The molecule has 0 bridgehead atoms. The molecule has 3 rings (SSSR count). The second-order valence-electron chi connectivity index (χ2n) is 7.23. The molecule has 0 radical (unpaired) electrons. The zero-order chi connectivity index (χ0) is 18.0. The SMILES string of the molecule is C=CCN1[C@H](c2ccc(C)cc2)CC(=O)[C@@H](C)[C@@H]1c1ccc(C)cc1. The van der Waals surface area contributed by atoms with Crippen molar-refractivity contribution < 1.29 is 4.79 Å². The first kappa shape index (κ1) is 17.6. The van der Waals surface area contributed by atoms with Crippen molar-refractivity contribution in [2.24, 2.45) is 5.92 Å². The number of hydrogen-bond donors (Lipinski definition) is 0. The second kappa shape index (κ2) is 7.37. The summed E-state index contributed by atoms with van der Waals surface area (Å²) in [6.07, 6.45) is 2.52. The number of piperidine rings is 1. The van der Waals surface area contributed by atoms with Gasteiger partial charge in [-0.3, -0.25) is 9.69 Å². The number of likely N-dealkylation sites (tertiary alicyclic amines) is 1. The Morgan fingerprint density at radius 1 is 1.00 bits per heavy atom. The fourth-order valence-corrected chi connectivity index (χ4v) is 3.88. The number of rotatable bonds is 4. The summed E-state index contributed by atoms with van der Waals surface area (Å²) in [4.78, 5) is 15.2. The molecular weight excluding hydrogens is 306 g/mol. The highest BCUT2D eigenvalue weighted by Gasteiger charge is 2.40. The minimum absolute atomic E-state index is 0.00986. The van der Waals surface area contributed by atoms with Crippen LogP contribution in [0, 0.1) is 19.8 Å². The molecule has 1 aliphatic heterocycles. The first-order valence-corrected chi connectivity index (χ1v) is 9.03. The molecule has 1 aliphatic rings. The number of carbonyl (C=O) groups excluding carboxylic acids is 1. The summed E-state index contributed by atoms with van der Waals surface area (Å²) >= 11 is 0. The van der Waals surface area contributed by atoms with Gasteiger partial charge in [0, 0.05) is 31.0 Å². The number of carbonyl (C=O) groups is 1. The van der Waals surface area contributed by atoms with E-state index in [0.29, 0.717) is 12.2 Å². The highest BCUT2D eigenvalue weighted by Crippen LogP contribution is 2.43. The first-order chi connectivity index (χ1) is 12.0. The summed E-state index contributed by atoms with van der Waals surface area (Å²) in [5.41, 5.74) is 4.91. The predicted octanol–water partition coefficient (Wildman–Crippen LogP) is 5.18. The maximum absolute atomic E-state index is 12.8. The van der Waals surface area contributed by atoms with Crippen LogP contribution in [0.4, 0.5) is 0 Å². The molecular formula is C23H27NO. The smallest absolute Gasteiger partial charge is 0.139 e. The average molecular weight is 333 g/mol. The van der Waals surface area contributed by atoms with Gasteiger partial charge in [-0.15, -0.1) is 6.58 Å². The molecule has 2 nitrogen and oxygen atoms in total. The van der Waals surface area contributed by atoms with Crippen molar-refractivity contribution in [2.45, 2.75) is 39.3 Å². The van der Waals surface area contributed by atoms with Crippen LogP contribution in [0.2, 0.25) is 0 Å². The van der Waals surface area contributed by atoms with Crippen molar-refractivity contribution in [1.29, 1.82) is 0 Å². The molecule has 0 unspecified atom stereocenters. The Bertz CT molecular complexity index is 745. The Labute approximate surface area is 151 Å². The maximum atomic E-state index is 12.8. The van der Waals surface area contributed by atoms with Crippen LogP contribution in [0.25, 0.3) is 0 Å². The van der Waals surface area contributed by atoms with Gasteiger partial charge in [-0.05, 0) is 25.0 Å². The third-order valence-corrected chi connectivity index (χ3v) is 5.35. The second-order valence-corrected chi connectivity index (χ2v) is 7.23. The largest absolute Gasteiger partial charge is 0.299 e. The molecule has 1 heterocycles. The molecule has 1 fully saturated rings. The number of Topliss-reactive ketones (excluding diaryl/α,β-unsaturated/α-hetero) is 1. The molecule has 0 amide bonds. The monoisotopic (exact) mass is 333 g/mol. The van der Waals surface area contributed by atoms with Gasteiger partial charge in [-0.1, -0.05) is 72.7 Å². The maximum Gasteiger partial charge on any atom is 0.139 e. The highest BCUT2D eigenvalue weighted by molar-refractivity contribution is 5.83. The minimum atomic E-state index is -0.00986. The zero-order valence-electron chi connectivity index (χ0n) is 15.4. The normalized spacial score (nSPS) is 24.3.